The van der Waals surface area contributed by atoms with E-state index in [2.05, 4.69) is 25.6 Å². The molecule has 1 aromatic carbocycles. The van der Waals surface area contributed by atoms with Gasteiger partial charge in [-0.05, 0) is 46.3 Å². The van der Waals surface area contributed by atoms with Gasteiger partial charge in [-0.2, -0.15) is 0 Å². The van der Waals surface area contributed by atoms with Gasteiger partial charge < -0.3 is 5.73 Å². The second-order valence-corrected chi connectivity index (χ2v) is 6.04. The van der Waals surface area contributed by atoms with E-state index in [-0.39, 0.29) is 4.90 Å². The molecule has 0 bridgehead atoms. The van der Waals surface area contributed by atoms with Gasteiger partial charge in [0, 0.05) is 22.6 Å². The summed E-state index contributed by atoms with van der Waals surface area (Å²) in [7, 11) is -3.64. The number of nitrogens with zero attached hydrogens (tertiary/aromatic N) is 1. The SMILES string of the molecule is Nc1ccc(S(=O)(=O)Nc2ccncc2)c(Br)c1. The molecule has 0 aliphatic heterocycles. The van der Waals surface area contributed by atoms with Crippen molar-refractivity contribution in [3.63, 3.8) is 0 Å². The number of benzene rings is 1. The highest BCUT2D eigenvalue weighted by molar-refractivity contribution is 9.10. The Bertz CT molecular complexity index is 659. The van der Waals surface area contributed by atoms with Crippen LogP contribution in [0, 0.1) is 0 Å². The second-order valence-electron chi connectivity index (χ2n) is 3.53. The lowest BCUT2D eigenvalue weighted by Crippen LogP contribution is -2.13. The van der Waals surface area contributed by atoms with E-state index in [0.29, 0.717) is 15.8 Å². The third kappa shape index (κ3) is 2.80. The van der Waals surface area contributed by atoms with Crippen LogP contribution in [0.25, 0.3) is 0 Å². The normalized spacial score (nSPS) is 11.2. The zero-order valence-corrected chi connectivity index (χ0v) is 11.6. The summed E-state index contributed by atoms with van der Waals surface area (Å²) in [5.74, 6) is 0. The lowest BCUT2D eigenvalue weighted by atomic mass is 10.3. The summed E-state index contributed by atoms with van der Waals surface area (Å²) in [6.45, 7) is 0. The number of hydrogen-bond donors (Lipinski definition) is 2. The number of nitrogens with one attached hydrogen (secondary N) is 1. The Morgan fingerprint density at radius 3 is 2.44 bits per heavy atom. The topological polar surface area (TPSA) is 85.1 Å². The van der Waals surface area contributed by atoms with Gasteiger partial charge in [0.15, 0.2) is 0 Å². The van der Waals surface area contributed by atoms with Crippen LogP contribution in [-0.2, 0) is 10.0 Å². The van der Waals surface area contributed by atoms with Crippen LogP contribution in [0.3, 0.4) is 0 Å². The molecule has 3 N–H and O–H groups in total. The zero-order valence-electron chi connectivity index (χ0n) is 9.17. The molecule has 0 saturated carbocycles. The van der Waals surface area contributed by atoms with Gasteiger partial charge in [-0.1, -0.05) is 0 Å². The molecule has 0 atom stereocenters. The van der Waals surface area contributed by atoms with Crippen LogP contribution >= 0.6 is 15.9 Å². The van der Waals surface area contributed by atoms with Crippen LogP contribution in [-0.4, -0.2) is 13.4 Å². The molecule has 0 aliphatic carbocycles. The predicted octanol–water partition coefficient (Wildman–Crippen LogP) is 2.23. The third-order valence-electron chi connectivity index (χ3n) is 2.18. The first-order valence-corrected chi connectivity index (χ1v) is 7.24. The maximum atomic E-state index is 12.1. The smallest absolute Gasteiger partial charge is 0.263 e. The van der Waals surface area contributed by atoms with Gasteiger partial charge in [-0.25, -0.2) is 8.42 Å². The van der Waals surface area contributed by atoms with Crippen molar-refractivity contribution in [1.29, 1.82) is 0 Å². The van der Waals surface area contributed by atoms with Crippen LogP contribution in [0.4, 0.5) is 11.4 Å². The van der Waals surface area contributed by atoms with E-state index in [1.54, 1.807) is 18.2 Å². The first-order chi connectivity index (χ1) is 8.49. The van der Waals surface area contributed by atoms with E-state index in [1.165, 1.54) is 24.5 Å². The van der Waals surface area contributed by atoms with Crippen LogP contribution in [0.15, 0.2) is 52.1 Å². The van der Waals surface area contributed by atoms with E-state index in [1.807, 2.05) is 0 Å². The number of hydrogen-bond acceptors (Lipinski definition) is 4. The van der Waals surface area contributed by atoms with Crippen molar-refractivity contribution in [2.45, 2.75) is 4.90 Å². The lowest BCUT2D eigenvalue weighted by molar-refractivity contribution is 0.601. The molecule has 1 heterocycles. The number of rotatable bonds is 3. The average Bonchev–Trinajstić information content (AvgIpc) is 2.29. The van der Waals surface area contributed by atoms with E-state index < -0.39 is 10.0 Å². The number of nitrogens with two attached hydrogens (primary N) is 1. The fourth-order valence-electron chi connectivity index (χ4n) is 1.37. The summed E-state index contributed by atoms with van der Waals surface area (Å²) >= 11 is 3.18. The molecule has 0 unspecified atom stereocenters. The molecule has 7 heteroatoms. The molecule has 0 amide bonds. The molecule has 2 aromatic rings. The maximum Gasteiger partial charge on any atom is 0.263 e. The Hall–Kier alpha value is -1.60. The summed E-state index contributed by atoms with van der Waals surface area (Å²) in [6.07, 6.45) is 3.02. The molecule has 0 aliphatic rings. The molecule has 1 aromatic heterocycles. The molecule has 2 rings (SSSR count). The minimum atomic E-state index is -3.64. The molecule has 0 spiro atoms. The number of aromatic nitrogens is 1. The largest absolute Gasteiger partial charge is 0.399 e. The Morgan fingerprint density at radius 1 is 1.17 bits per heavy atom. The van der Waals surface area contributed by atoms with Crippen LogP contribution in [0.1, 0.15) is 0 Å². The standard InChI is InChI=1S/C11H10BrN3O2S/c12-10-7-8(13)1-2-11(10)18(16,17)15-9-3-5-14-6-4-9/h1-7H,13H2,(H,14,15). The van der Waals surface area contributed by atoms with Crippen molar-refractivity contribution in [3.8, 4) is 0 Å². The van der Waals surface area contributed by atoms with Crippen LogP contribution in [0.5, 0.6) is 0 Å². The summed E-state index contributed by atoms with van der Waals surface area (Å²) in [5.41, 5.74) is 6.51. The maximum absolute atomic E-state index is 12.1. The monoisotopic (exact) mass is 327 g/mol. The molecule has 0 radical (unpaired) electrons. The molecule has 18 heavy (non-hydrogen) atoms. The number of nitrogen functional groups attached to an aromatic ring is 1. The van der Waals surface area contributed by atoms with Crippen molar-refractivity contribution >= 4 is 37.3 Å². The Kier molecular flexibility index (Phi) is 3.53. The fraction of sp³-hybridized carbons (Fsp3) is 0. The van der Waals surface area contributed by atoms with Crippen molar-refractivity contribution in [3.05, 3.63) is 47.2 Å². The van der Waals surface area contributed by atoms with Gasteiger partial charge in [0.05, 0.1) is 5.69 Å². The highest BCUT2D eigenvalue weighted by Gasteiger charge is 2.17. The van der Waals surface area contributed by atoms with Gasteiger partial charge in [-0.15, -0.1) is 0 Å². The van der Waals surface area contributed by atoms with Gasteiger partial charge in [0.2, 0.25) is 0 Å². The van der Waals surface area contributed by atoms with Gasteiger partial charge in [0.25, 0.3) is 10.0 Å². The summed E-state index contributed by atoms with van der Waals surface area (Å²) in [4.78, 5) is 3.95. The van der Waals surface area contributed by atoms with E-state index >= 15 is 0 Å². The molecular weight excluding hydrogens is 318 g/mol. The Labute approximate surface area is 113 Å². The van der Waals surface area contributed by atoms with Gasteiger partial charge >= 0.3 is 0 Å². The minimum absolute atomic E-state index is 0.133. The molecule has 0 saturated heterocycles. The lowest BCUT2D eigenvalue weighted by Gasteiger charge is -2.09. The molecule has 0 fully saturated rings. The number of halogens is 1. The highest BCUT2D eigenvalue weighted by Crippen LogP contribution is 2.25. The van der Waals surface area contributed by atoms with Gasteiger partial charge in [-0.3, -0.25) is 9.71 Å². The number of sulfonamides is 1. The number of pyridine rings is 1. The molecule has 5 nitrogen and oxygen atoms in total. The quantitative estimate of drug-likeness (QED) is 0.846. The summed E-state index contributed by atoms with van der Waals surface area (Å²) in [5, 5.41) is 0. The third-order valence-corrected chi connectivity index (χ3v) is 4.54. The first-order valence-electron chi connectivity index (χ1n) is 4.97. The molecule has 94 valence electrons. The van der Waals surface area contributed by atoms with E-state index in [0.717, 1.165) is 0 Å². The zero-order chi connectivity index (χ0) is 13.2. The number of anilines is 2. The van der Waals surface area contributed by atoms with E-state index in [4.69, 9.17) is 5.73 Å². The highest BCUT2D eigenvalue weighted by atomic mass is 79.9. The Morgan fingerprint density at radius 2 is 1.83 bits per heavy atom. The van der Waals surface area contributed by atoms with E-state index in [9.17, 15) is 8.42 Å². The van der Waals surface area contributed by atoms with Crippen molar-refractivity contribution in [2.75, 3.05) is 10.5 Å². The van der Waals surface area contributed by atoms with Crippen LogP contribution < -0.4 is 10.5 Å². The summed E-state index contributed by atoms with van der Waals surface area (Å²) < 4.78 is 27.1. The van der Waals surface area contributed by atoms with Crippen LogP contribution in [0.2, 0.25) is 0 Å². The fourth-order valence-corrected chi connectivity index (χ4v) is 3.52. The molecular formula is C11H10BrN3O2S. The predicted molar refractivity (Wildman–Crippen MR) is 73.6 cm³/mol. The Balaban J connectivity index is 2.37. The van der Waals surface area contributed by atoms with Crippen molar-refractivity contribution in [2.24, 2.45) is 0 Å². The average molecular weight is 328 g/mol. The van der Waals surface area contributed by atoms with Crippen molar-refractivity contribution < 1.29 is 8.42 Å². The minimum Gasteiger partial charge on any atom is -0.399 e. The summed E-state index contributed by atoms with van der Waals surface area (Å²) in [6, 6.07) is 7.67. The second kappa shape index (κ2) is 4.95. The first kappa shape index (κ1) is 12.8. The van der Waals surface area contributed by atoms with Gasteiger partial charge in [0.1, 0.15) is 4.90 Å². The van der Waals surface area contributed by atoms with Crippen molar-refractivity contribution in [1.82, 2.24) is 4.98 Å².